The molecule has 0 unspecified atom stereocenters. The topological polar surface area (TPSA) is 186 Å². The number of aliphatic carboxylic acids is 3. The molecule has 0 amide bonds. The van der Waals surface area contributed by atoms with Gasteiger partial charge in [-0.15, -0.1) is 0 Å². The third-order valence-corrected chi connectivity index (χ3v) is 3.78. The van der Waals surface area contributed by atoms with Crippen molar-refractivity contribution >= 4 is 28.0 Å². The van der Waals surface area contributed by atoms with Crippen LogP contribution in [0.2, 0.25) is 0 Å². The standard InChI is InChI=1S/C7H14O2.C6H12O2.C4H8O2.C2H6O4S/c1-2-3-4-5-6-7(8)9;1-2-3-4-5-6(7)8;1-3(2)4(5)6;3-1-2-7(4,5)6/h2-6H2,1H3,(H,8,9);2-5H2,1H3,(H,7,8);3H,1-2H3,(H,5,6);3H,1-2H2,(H,4,5,6). The van der Waals surface area contributed by atoms with Crippen molar-refractivity contribution in [2.24, 2.45) is 5.92 Å². The van der Waals surface area contributed by atoms with Crippen molar-refractivity contribution in [2.75, 3.05) is 12.4 Å². The fourth-order valence-corrected chi connectivity index (χ4v) is 1.58. The van der Waals surface area contributed by atoms with Crippen LogP contribution in [0, 0.1) is 5.92 Å². The van der Waals surface area contributed by atoms with Crippen LogP contribution in [0.1, 0.15) is 85.5 Å². The van der Waals surface area contributed by atoms with Gasteiger partial charge >= 0.3 is 17.9 Å². The van der Waals surface area contributed by atoms with Gasteiger partial charge in [0, 0.05) is 12.8 Å². The molecule has 0 rings (SSSR count). The average Bonchev–Trinajstić information content (AvgIpc) is 2.59. The molecule has 0 aliphatic rings. The molecular formula is C19H40O10S. The summed E-state index contributed by atoms with van der Waals surface area (Å²) in [6, 6.07) is 0. The number of carboxylic acids is 3. The van der Waals surface area contributed by atoms with E-state index in [9.17, 15) is 22.8 Å². The zero-order valence-corrected chi connectivity index (χ0v) is 19.4. The van der Waals surface area contributed by atoms with Crippen LogP contribution in [0.4, 0.5) is 0 Å². The highest BCUT2D eigenvalue weighted by Crippen LogP contribution is 2.01. The van der Waals surface area contributed by atoms with E-state index in [-0.39, 0.29) is 5.92 Å². The first-order chi connectivity index (χ1) is 13.7. The van der Waals surface area contributed by atoms with Gasteiger partial charge < -0.3 is 20.4 Å². The minimum Gasteiger partial charge on any atom is -0.481 e. The summed E-state index contributed by atoms with van der Waals surface area (Å²) in [5.41, 5.74) is 0. The Morgan fingerprint density at radius 3 is 1.30 bits per heavy atom. The van der Waals surface area contributed by atoms with Crippen molar-refractivity contribution in [1.82, 2.24) is 0 Å². The Balaban J connectivity index is -0.000000152. The molecule has 10 nitrogen and oxygen atoms in total. The monoisotopic (exact) mass is 460 g/mol. The number of rotatable bonds is 12. The van der Waals surface area contributed by atoms with Gasteiger partial charge in [0.15, 0.2) is 0 Å². The highest BCUT2D eigenvalue weighted by atomic mass is 32.2. The molecule has 0 bridgehead atoms. The van der Waals surface area contributed by atoms with Gasteiger partial charge in [0.1, 0.15) is 0 Å². The first-order valence-corrected chi connectivity index (χ1v) is 11.6. The Labute approximate surface area is 180 Å². The van der Waals surface area contributed by atoms with Crippen molar-refractivity contribution in [1.29, 1.82) is 0 Å². The molecule has 0 saturated carbocycles. The smallest absolute Gasteiger partial charge is 0.305 e. The molecule has 0 heterocycles. The zero-order chi connectivity index (χ0) is 24.6. The van der Waals surface area contributed by atoms with Crippen LogP contribution in [0.5, 0.6) is 0 Å². The Bertz CT molecular complexity index is 515. The lowest BCUT2D eigenvalue weighted by Crippen LogP contribution is -2.06. The maximum Gasteiger partial charge on any atom is 0.305 e. The van der Waals surface area contributed by atoms with E-state index in [0.717, 1.165) is 38.5 Å². The van der Waals surface area contributed by atoms with Crippen molar-refractivity contribution in [3.8, 4) is 0 Å². The Morgan fingerprint density at radius 1 is 0.767 bits per heavy atom. The maximum atomic E-state index is 9.96. The molecule has 0 radical (unpaired) electrons. The molecular weight excluding hydrogens is 420 g/mol. The highest BCUT2D eigenvalue weighted by molar-refractivity contribution is 7.85. The van der Waals surface area contributed by atoms with E-state index in [1.807, 2.05) is 0 Å². The van der Waals surface area contributed by atoms with Crippen LogP contribution < -0.4 is 0 Å². The van der Waals surface area contributed by atoms with Gasteiger partial charge in [-0.05, 0) is 12.8 Å². The predicted octanol–water partition coefficient (Wildman–Crippen LogP) is 3.29. The van der Waals surface area contributed by atoms with Crippen LogP contribution in [0.25, 0.3) is 0 Å². The predicted molar refractivity (Wildman–Crippen MR) is 114 cm³/mol. The summed E-state index contributed by atoms with van der Waals surface area (Å²) < 4.78 is 27.1. The second-order valence-corrected chi connectivity index (χ2v) is 8.13. The molecule has 11 heteroatoms. The third-order valence-electron chi connectivity index (χ3n) is 3.08. The lowest BCUT2D eigenvalue weighted by molar-refractivity contribution is -0.140. The van der Waals surface area contributed by atoms with E-state index in [1.165, 1.54) is 6.42 Å². The largest absolute Gasteiger partial charge is 0.481 e. The minimum atomic E-state index is -3.92. The number of unbranched alkanes of at least 4 members (excludes halogenated alkanes) is 5. The van der Waals surface area contributed by atoms with Gasteiger partial charge in [-0.25, -0.2) is 0 Å². The lowest BCUT2D eigenvalue weighted by atomic mass is 10.2. The highest BCUT2D eigenvalue weighted by Gasteiger charge is 1.99. The number of aliphatic hydroxyl groups is 1. The SMILES string of the molecule is CC(C)C(=O)O.CCCCCC(=O)O.CCCCCCC(=O)O.O=S(=O)(O)CCO. The number of aliphatic hydroxyl groups excluding tert-OH is 1. The van der Waals surface area contributed by atoms with Crippen LogP contribution in [-0.4, -0.2) is 63.7 Å². The molecule has 0 aromatic rings. The number of hydrogen-bond acceptors (Lipinski definition) is 6. The molecule has 0 aliphatic heterocycles. The molecule has 30 heavy (non-hydrogen) atoms. The zero-order valence-electron chi connectivity index (χ0n) is 18.5. The molecule has 182 valence electrons. The summed E-state index contributed by atoms with van der Waals surface area (Å²) in [7, 11) is -3.92. The van der Waals surface area contributed by atoms with Crippen LogP contribution in [0.15, 0.2) is 0 Å². The van der Waals surface area contributed by atoms with Gasteiger partial charge in [0.2, 0.25) is 0 Å². The fraction of sp³-hybridized carbons (Fsp3) is 0.842. The number of hydrogen-bond donors (Lipinski definition) is 5. The lowest BCUT2D eigenvalue weighted by Gasteiger charge is -1.92. The van der Waals surface area contributed by atoms with E-state index in [1.54, 1.807) is 13.8 Å². The molecule has 0 aromatic heterocycles. The fourth-order valence-electron chi connectivity index (χ4n) is 1.34. The average molecular weight is 461 g/mol. The molecule has 0 saturated heterocycles. The van der Waals surface area contributed by atoms with Gasteiger partial charge in [-0.1, -0.05) is 59.8 Å². The first-order valence-electron chi connectivity index (χ1n) is 9.97. The molecule has 0 fully saturated rings. The second-order valence-electron chi connectivity index (χ2n) is 6.56. The van der Waals surface area contributed by atoms with Crippen molar-refractivity contribution in [3.05, 3.63) is 0 Å². The van der Waals surface area contributed by atoms with E-state index in [2.05, 4.69) is 13.8 Å². The Morgan fingerprint density at radius 2 is 1.10 bits per heavy atom. The van der Waals surface area contributed by atoms with Gasteiger partial charge in [-0.3, -0.25) is 18.9 Å². The molecule has 0 spiro atoms. The number of carboxylic acid groups (broad SMARTS) is 3. The maximum absolute atomic E-state index is 9.96. The van der Waals surface area contributed by atoms with Crippen LogP contribution >= 0.6 is 0 Å². The normalized spacial score (nSPS) is 9.83. The summed E-state index contributed by atoms with van der Waals surface area (Å²) >= 11 is 0. The third kappa shape index (κ3) is 56.2. The van der Waals surface area contributed by atoms with Crippen LogP contribution in [0.3, 0.4) is 0 Å². The molecule has 0 atom stereocenters. The molecule has 0 aromatic carbocycles. The van der Waals surface area contributed by atoms with Crippen molar-refractivity contribution in [2.45, 2.75) is 85.5 Å². The van der Waals surface area contributed by atoms with Crippen molar-refractivity contribution < 1.29 is 47.8 Å². The minimum absolute atomic E-state index is 0.231. The summed E-state index contributed by atoms with van der Waals surface area (Å²) in [5, 5.41) is 32.2. The summed E-state index contributed by atoms with van der Waals surface area (Å²) in [4.78, 5) is 29.5. The second kappa shape index (κ2) is 25.3. The van der Waals surface area contributed by atoms with Gasteiger partial charge in [0.25, 0.3) is 10.1 Å². The van der Waals surface area contributed by atoms with Crippen molar-refractivity contribution in [3.63, 3.8) is 0 Å². The Kier molecular flexibility index (Phi) is 30.1. The number of carbonyl (C=O) groups is 3. The van der Waals surface area contributed by atoms with Gasteiger partial charge in [0.05, 0.1) is 18.3 Å². The first kappa shape index (κ1) is 35.7. The molecule has 5 N–H and O–H groups in total. The molecule has 0 aliphatic carbocycles. The van der Waals surface area contributed by atoms with E-state index >= 15 is 0 Å². The van der Waals surface area contributed by atoms with E-state index < -0.39 is 40.4 Å². The quantitative estimate of drug-likeness (QED) is 0.213. The van der Waals surface area contributed by atoms with Crippen LogP contribution in [-0.2, 0) is 24.5 Å². The van der Waals surface area contributed by atoms with E-state index in [4.69, 9.17) is 25.0 Å². The summed E-state index contributed by atoms with van der Waals surface area (Å²) in [6.07, 6.45) is 7.83. The van der Waals surface area contributed by atoms with Gasteiger partial charge in [-0.2, -0.15) is 8.42 Å². The summed E-state index contributed by atoms with van der Waals surface area (Å²) in [5.74, 6) is -2.91. The Hall–Kier alpha value is -1.72. The van der Waals surface area contributed by atoms with E-state index in [0.29, 0.717) is 12.8 Å². The summed E-state index contributed by atoms with van der Waals surface area (Å²) in [6.45, 7) is 6.92.